The summed E-state index contributed by atoms with van der Waals surface area (Å²) in [6.07, 6.45) is 0. The Bertz CT molecular complexity index is 832. The molecule has 0 saturated carbocycles. The first kappa shape index (κ1) is 18.4. The van der Waals surface area contributed by atoms with Gasteiger partial charge in [0, 0.05) is 11.7 Å². The predicted molar refractivity (Wildman–Crippen MR) is 91.3 cm³/mol. The summed E-state index contributed by atoms with van der Waals surface area (Å²) in [6.45, 7) is 3.43. The maximum Gasteiger partial charge on any atom is 0.260 e. The van der Waals surface area contributed by atoms with Crippen LogP contribution in [0.4, 0.5) is 10.1 Å². The second kappa shape index (κ2) is 7.29. The first-order valence-electron chi connectivity index (χ1n) is 7.08. The Morgan fingerprint density at radius 3 is 2.29 bits per heavy atom. The van der Waals surface area contributed by atoms with Gasteiger partial charge in [-0.3, -0.25) is 4.79 Å². The van der Waals surface area contributed by atoms with Crippen molar-refractivity contribution in [3.8, 4) is 0 Å². The molecular weight excluding hydrogens is 355 g/mol. The van der Waals surface area contributed by atoms with Crippen molar-refractivity contribution in [2.45, 2.75) is 24.8 Å². The number of nitrogens with one attached hydrogen (secondary N) is 2. The Hall–Kier alpha value is -1.96. The summed E-state index contributed by atoms with van der Waals surface area (Å²) in [5, 5.41) is 2.47. The lowest BCUT2D eigenvalue weighted by molar-refractivity contribution is 0.102. The first-order valence-corrected chi connectivity index (χ1v) is 8.94. The van der Waals surface area contributed by atoms with Crippen LogP contribution in [0.2, 0.25) is 5.02 Å². The zero-order valence-electron chi connectivity index (χ0n) is 13.0. The zero-order chi connectivity index (χ0) is 17.9. The number of amides is 1. The number of rotatable bonds is 5. The Labute approximate surface area is 144 Å². The Kier molecular flexibility index (Phi) is 5.58. The van der Waals surface area contributed by atoms with Crippen LogP contribution in [-0.4, -0.2) is 20.4 Å². The Morgan fingerprint density at radius 2 is 1.75 bits per heavy atom. The van der Waals surface area contributed by atoms with E-state index >= 15 is 0 Å². The average Bonchev–Trinajstić information content (AvgIpc) is 2.46. The van der Waals surface area contributed by atoms with E-state index in [0.29, 0.717) is 5.69 Å². The van der Waals surface area contributed by atoms with Crippen LogP contribution in [0.5, 0.6) is 0 Å². The van der Waals surface area contributed by atoms with Gasteiger partial charge in [-0.05, 0) is 50.2 Å². The summed E-state index contributed by atoms with van der Waals surface area (Å²) in [5.41, 5.74) is 0.0557. The average molecular weight is 371 g/mol. The molecule has 8 heteroatoms. The van der Waals surface area contributed by atoms with E-state index in [1.54, 1.807) is 13.8 Å². The molecule has 2 N–H and O–H groups in total. The van der Waals surface area contributed by atoms with Crippen molar-refractivity contribution in [1.29, 1.82) is 0 Å². The highest BCUT2D eigenvalue weighted by Crippen LogP contribution is 2.21. The van der Waals surface area contributed by atoms with Gasteiger partial charge in [-0.15, -0.1) is 0 Å². The predicted octanol–water partition coefficient (Wildman–Crippen LogP) is 3.42. The Morgan fingerprint density at radius 1 is 1.12 bits per heavy atom. The summed E-state index contributed by atoms with van der Waals surface area (Å²) in [4.78, 5) is 12.2. The fourth-order valence-electron chi connectivity index (χ4n) is 2.00. The smallest absolute Gasteiger partial charge is 0.260 e. The molecule has 2 rings (SSSR count). The minimum absolute atomic E-state index is 0.00664. The van der Waals surface area contributed by atoms with Crippen molar-refractivity contribution in [2.24, 2.45) is 0 Å². The van der Waals surface area contributed by atoms with Gasteiger partial charge in [0.1, 0.15) is 5.82 Å². The molecule has 2 aromatic carbocycles. The molecule has 0 saturated heterocycles. The van der Waals surface area contributed by atoms with E-state index in [4.69, 9.17) is 11.6 Å². The second-order valence-electron chi connectivity index (χ2n) is 5.35. The van der Waals surface area contributed by atoms with Crippen LogP contribution in [0, 0.1) is 5.82 Å². The van der Waals surface area contributed by atoms with Crippen LogP contribution in [0.25, 0.3) is 0 Å². The van der Waals surface area contributed by atoms with E-state index < -0.39 is 21.7 Å². The van der Waals surface area contributed by atoms with Crippen molar-refractivity contribution >= 4 is 33.2 Å². The molecule has 0 aliphatic carbocycles. The van der Waals surface area contributed by atoms with E-state index in [1.807, 2.05) is 0 Å². The van der Waals surface area contributed by atoms with E-state index in [2.05, 4.69) is 10.0 Å². The third kappa shape index (κ3) is 4.31. The lowest BCUT2D eigenvalue weighted by Crippen LogP contribution is -2.30. The van der Waals surface area contributed by atoms with Gasteiger partial charge < -0.3 is 5.32 Å². The van der Waals surface area contributed by atoms with Gasteiger partial charge in [0.15, 0.2) is 0 Å². The fraction of sp³-hybridized carbons (Fsp3) is 0.188. The summed E-state index contributed by atoms with van der Waals surface area (Å²) in [7, 11) is -3.61. The van der Waals surface area contributed by atoms with Crippen molar-refractivity contribution in [3.63, 3.8) is 0 Å². The van der Waals surface area contributed by atoms with Gasteiger partial charge in [-0.25, -0.2) is 17.5 Å². The maximum atomic E-state index is 13.7. The largest absolute Gasteiger partial charge is 0.322 e. The number of carbonyl (C=O) groups is 1. The number of hydrogen-bond donors (Lipinski definition) is 2. The summed E-state index contributed by atoms with van der Waals surface area (Å²) in [5.74, 6) is -1.45. The van der Waals surface area contributed by atoms with Gasteiger partial charge in [-0.1, -0.05) is 17.7 Å². The van der Waals surface area contributed by atoms with E-state index in [0.717, 1.165) is 6.07 Å². The molecule has 128 valence electrons. The minimum Gasteiger partial charge on any atom is -0.322 e. The van der Waals surface area contributed by atoms with Crippen molar-refractivity contribution in [2.75, 3.05) is 5.32 Å². The molecule has 1 amide bonds. The molecule has 0 radical (unpaired) electrons. The lowest BCUT2D eigenvalue weighted by Gasteiger charge is -2.11. The molecule has 0 atom stereocenters. The van der Waals surface area contributed by atoms with Crippen molar-refractivity contribution < 1.29 is 17.6 Å². The molecule has 0 fully saturated rings. The second-order valence-corrected chi connectivity index (χ2v) is 7.47. The molecule has 0 aromatic heterocycles. The SMILES string of the molecule is CC(C)NS(=O)(=O)c1ccc(NC(=O)c2c(F)cccc2Cl)cc1. The van der Waals surface area contributed by atoms with E-state index in [-0.39, 0.29) is 21.5 Å². The molecule has 0 spiro atoms. The molecule has 0 bridgehead atoms. The van der Waals surface area contributed by atoms with Crippen molar-refractivity contribution in [1.82, 2.24) is 4.72 Å². The summed E-state index contributed by atoms with van der Waals surface area (Å²) < 4.78 is 40.2. The van der Waals surface area contributed by atoms with Gasteiger partial charge >= 0.3 is 0 Å². The van der Waals surface area contributed by atoms with Gasteiger partial charge in [0.25, 0.3) is 5.91 Å². The highest BCUT2D eigenvalue weighted by atomic mass is 35.5. The summed E-state index contributed by atoms with van der Waals surface area (Å²) in [6, 6.07) is 9.24. The highest BCUT2D eigenvalue weighted by molar-refractivity contribution is 7.89. The Balaban J connectivity index is 2.19. The van der Waals surface area contributed by atoms with Crippen LogP contribution in [0.3, 0.4) is 0 Å². The van der Waals surface area contributed by atoms with Gasteiger partial charge in [0.2, 0.25) is 10.0 Å². The molecule has 0 unspecified atom stereocenters. The molecular formula is C16H16ClFN2O3S. The lowest BCUT2D eigenvalue weighted by atomic mass is 10.2. The minimum atomic E-state index is -3.61. The highest BCUT2D eigenvalue weighted by Gasteiger charge is 2.17. The van der Waals surface area contributed by atoms with Crippen LogP contribution in [0.15, 0.2) is 47.4 Å². The van der Waals surface area contributed by atoms with Gasteiger partial charge in [0.05, 0.1) is 15.5 Å². The topological polar surface area (TPSA) is 75.3 Å². The summed E-state index contributed by atoms with van der Waals surface area (Å²) >= 11 is 5.84. The van der Waals surface area contributed by atoms with Crippen LogP contribution in [0.1, 0.15) is 24.2 Å². The number of benzene rings is 2. The van der Waals surface area contributed by atoms with Crippen LogP contribution in [-0.2, 0) is 10.0 Å². The first-order chi connectivity index (χ1) is 11.2. The number of sulfonamides is 1. The molecule has 2 aromatic rings. The number of halogens is 2. The van der Waals surface area contributed by atoms with Crippen molar-refractivity contribution in [3.05, 3.63) is 58.9 Å². The van der Waals surface area contributed by atoms with Crippen LogP contribution >= 0.6 is 11.6 Å². The normalized spacial score (nSPS) is 11.5. The van der Waals surface area contributed by atoms with E-state index in [1.165, 1.54) is 36.4 Å². The maximum absolute atomic E-state index is 13.7. The third-order valence-electron chi connectivity index (χ3n) is 3.00. The van der Waals surface area contributed by atoms with Crippen LogP contribution < -0.4 is 10.0 Å². The third-order valence-corrected chi connectivity index (χ3v) is 4.99. The monoisotopic (exact) mass is 370 g/mol. The van der Waals surface area contributed by atoms with E-state index in [9.17, 15) is 17.6 Å². The number of carbonyl (C=O) groups excluding carboxylic acids is 1. The molecule has 0 aliphatic rings. The zero-order valence-corrected chi connectivity index (χ0v) is 14.6. The molecule has 0 heterocycles. The quantitative estimate of drug-likeness (QED) is 0.846. The molecule has 5 nitrogen and oxygen atoms in total. The number of anilines is 1. The fourth-order valence-corrected chi connectivity index (χ4v) is 3.50. The van der Waals surface area contributed by atoms with Gasteiger partial charge in [-0.2, -0.15) is 0 Å². The molecule has 24 heavy (non-hydrogen) atoms. The number of hydrogen-bond acceptors (Lipinski definition) is 3. The standard InChI is InChI=1S/C16H16ClFN2O3S/c1-10(2)20-24(22,23)12-8-6-11(7-9-12)19-16(21)15-13(17)4-3-5-14(15)18/h3-10,20H,1-2H3,(H,19,21). The molecule has 0 aliphatic heterocycles.